The lowest BCUT2D eigenvalue weighted by atomic mass is 9.81. The van der Waals surface area contributed by atoms with E-state index in [0.717, 1.165) is 36.8 Å². The summed E-state index contributed by atoms with van der Waals surface area (Å²) < 4.78 is 34.0. The van der Waals surface area contributed by atoms with Crippen LogP contribution in [0.3, 0.4) is 0 Å². The highest BCUT2D eigenvalue weighted by Crippen LogP contribution is 2.39. The maximum absolute atomic E-state index is 13.0. The number of aryl methyl sites for hydroxylation is 1. The van der Waals surface area contributed by atoms with Crippen molar-refractivity contribution in [3.05, 3.63) is 59.2 Å². The molecule has 1 heterocycles. The van der Waals surface area contributed by atoms with Gasteiger partial charge in [0.1, 0.15) is 10.6 Å². The highest BCUT2D eigenvalue weighted by Gasteiger charge is 2.47. The molecule has 0 spiro atoms. The SMILES string of the molecule is COc1ccc(CN2C(=O)C3CCCCC3C2=O)cc1S(=O)(=O)NCc1ccc(C)cc1. The molecular formula is C24H28N2O5S. The molecule has 170 valence electrons. The number of nitrogens with zero attached hydrogens (tertiary/aromatic N) is 1. The number of carbonyl (C=O) groups excluding carboxylic acids is 2. The summed E-state index contributed by atoms with van der Waals surface area (Å²) in [6.07, 6.45) is 3.42. The minimum absolute atomic E-state index is 0.0128. The number of fused-ring (bicyclic) bond motifs is 1. The predicted octanol–water partition coefficient (Wildman–Crippen LogP) is 3.16. The number of rotatable bonds is 7. The van der Waals surface area contributed by atoms with Gasteiger partial charge in [-0.2, -0.15) is 0 Å². The third-order valence-corrected chi connectivity index (χ3v) is 7.80. The Morgan fingerprint density at radius 3 is 2.16 bits per heavy atom. The lowest BCUT2D eigenvalue weighted by molar-refractivity contribution is -0.140. The van der Waals surface area contributed by atoms with E-state index in [9.17, 15) is 18.0 Å². The molecule has 1 aliphatic heterocycles. The van der Waals surface area contributed by atoms with E-state index in [4.69, 9.17) is 4.74 Å². The molecule has 8 heteroatoms. The monoisotopic (exact) mass is 456 g/mol. The van der Waals surface area contributed by atoms with Crippen LogP contribution < -0.4 is 9.46 Å². The van der Waals surface area contributed by atoms with Crippen molar-refractivity contribution in [1.82, 2.24) is 9.62 Å². The average Bonchev–Trinajstić information content (AvgIpc) is 3.04. The van der Waals surface area contributed by atoms with Crippen LogP contribution in [0.4, 0.5) is 0 Å². The van der Waals surface area contributed by atoms with Crippen molar-refractivity contribution in [3.8, 4) is 5.75 Å². The van der Waals surface area contributed by atoms with E-state index in [1.807, 2.05) is 31.2 Å². The zero-order chi connectivity index (χ0) is 22.9. The number of likely N-dealkylation sites (tertiary alicyclic amines) is 1. The van der Waals surface area contributed by atoms with E-state index < -0.39 is 10.0 Å². The zero-order valence-electron chi connectivity index (χ0n) is 18.3. The van der Waals surface area contributed by atoms with E-state index in [1.165, 1.54) is 18.1 Å². The first-order valence-corrected chi connectivity index (χ1v) is 12.4. The first kappa shape index (κ1) is 22.5. The molecule has 1 N–H and O–H groups in total. The van der Waals surface area contributed by atoms with Gasteiger partial charge in [0.05, 0.1) is 25.5 Å². The summed E-state index contributed by atoms with van der Waals surface area (Å²) in [6, 6.07) is 12.3. The normalized spacial score (nSPS) is 21.0. The second kappa shape index (κ2) is 9.03. The van der Waals surface area contributed by atoms with E-state index in [-0.39, 0.29) is 47.4 Å². The van der Waals surface area contributed by atoms with Crippen LogP contribution in [0, 0.1) is 18.8 Å². The highest BCUT2D eigenvalue weighted by atomic mass is 32.2. The number of ether oxygens (including phenoxy) is 1. The van der Waals surface area contributed by atoms with Crippen molar-refractivity contribution in [2.24, 2.45) is 11.8 Å². The van der Waals surface area contributed by atoms with E-state index in [1.54, 1.807) is 12.1 Å². The Bertz CT molecular complexity index is 1100. The number of benzene rings is 2. The second-order valence-corrected chi connectivity index (χ2v) is 10.3. The number of nitrogens with one attached hydrogen (secondary N) is 1. The Labute approximate surface area is 188 Å². The van der Waals surface area contributed by atoms with Crippen molar-refractivity contribution >= 4 is 21.8 Å². The van der Waals surface area contributed by atoms with Crippen LogP contribution >= 0.6 is 0 Å². The smallest absolute Gasteiger partial charge is 0.244 e. The predicted molar refractivity (Wildman–Crippen MR) is 119 cm³/mol. The lowest BCUT2D eigenvalue weighted by Gasteiger charge is -2.19. The fraction of sp³-hybridized carbons (Fsp3) is 0.417. The van der Waals surface area contributed by atoms with Gasteiger partial charge in [-0.1, -0.05) is 48.7 Å². The van der Waals surface area contributed by atoms with E-state index >= 15 is 0 Å². The fourth-order valence-electron chi connectivity index (χ4n) is 4.56. The summed E-state index contributed by atoms with van der Waals surface area (Å²) >= 11 is 0. The molecule has 2 unspecified atom stereocenters. The maximum Gasteiger partial charge on any atom is 0.244 e. The van der Waals surface area contributed by atoms with Gasteiger partial charge in [0.25, 0.3) is 0 Å². The molecule has 1 aliphatic carbocycles. The van der Waals surface area contributed by atoms with Gasteiger partial charge in [0.15, 0.2) is 0 Å². The van der Waals surface area contributed by atoms with Crippen LogP contribution in [0.1, 0.15) is 42.4 Å². The summed E-state index contributed by atoms with van der Waals surface area (Å²) in [5.74, 6) is -0.532. The van der Waals surface area contributed by atoms with Crippen molar-refractivity contribution in [2.75, 3.05) is 7.11 Å². The van der Waals surface area contributed by atoms with Gasteiger partial charge in [-0.15, -0.1) is 0 Å². The molecular weight excluding hydrogens is 428 g/mol. The van der Waals surface area contributed by atoms with Crippen LogP contribution in [0.25, 0.3) is 0 Å². The average molecular weight is 457 g/mol. The summed E-state index contributed by atoms with van der Waals surface area (Å²) in [5.41, 5.74) is 2.50. The van der Waals surface area contributed by atoms with E-state index in [2.05, 4.69) is 4.72 Å². The fourth-order valence-corrected chi connectivity index (χ4v) is 5.80. The first-order valence-electron chi connectivity index (χ1n) is 10.9. The lowest BCUT2D eigenvalue weighted by Crippen LogP contribution is -2.30. The van der Waals surface area contributed by atoms with Crippen LogP contribution in [-0.2, 0) is 32.7 Å². The molecule has 1 saturated heterocycles. The maximum atomic E-state index is 13.0. The summed E-state index contributed by atoms with van der Waals surface area (Å²) in [6.45, 7) is 2.17. The molecule has 0 radical (unpaired) electrons. The Morgan fingerprint density at radius 1 is 0.969 bits per heavy atom. The number of amides is 2. The molecule has 1 saturated carbocycles. The van der Waals surface area contributed by atoms with Gasteiger partial charge in [0, 0.05) is 6.54 Å². The molecule has 2 aromatic rings. The minimum Gasteiger partial charge on any atom is -0.495 e. The second-order valence-electron chi connectivity index (χ2n) is 8.56. The summed E-state index contributed by atoms with van der Waals surface area (Å²) in [5, 5.41) is 0. The van der Waals surface area contributed by atoms with Crippen LogP contribution in [0.15, 0.2) is 47.4 Å². The van der Waals surface area contributed by atoms with Gasteiger partial charge < -0.3 is 4.74 Å². The van der Waals surface area contributed by atoms with Crippen molar-refractivity contribution in [2.45, 2.75) is 50.6 Å². The Kier molecular flexibility index (Phi) is 6.35. The number of sulfonamides is 1. The Morgan fingerprint density at radius 2 is 1.56 bits per heavy atom. The minimum atomic E-state index is -3.88. The number of imide groups is 1. The molecule has 4 rings (SSSR count). The zero-order valence-corrected chi connectivity index (χ0v) is 19.2. The molecule has 2 aliphatic rings. The largest absolute Gasteiger partial charge is 0.495 e. The quantitative estimate of drug-likeness (QED) is 0.646. The third kappa shape index (κ3) is 4.42. The first-order chi connectivity index (χ1) is 15.3. The van der Waals surface area contributed by atoms with Gasteiger partial charge in [0.2, 0.25) is 21.8 Å². The standard InChI is InChI=1S/C24H28N2O5S/c1-16-7-9-17(10-8-16)14-25-32(29,30)22-13-18(11-12-21(22)31-2)15-26-23(27)19-5-3-4-6-20(19)24(26)28/h7-13,19-20,25H,3-6,14-15H2,1-2H3. The van der Waals surface area contributed by atoms with Crippen molar-refractivity contribution in [1.29, 1.82) is 0 Å². The van der Waals surface area contributed by atoms with Gasteiger partial charge in [-0.05, 0) is 43.0 Å². The Hall–Kier alpha value is -2.71. The molecule has 2 aromatic carbocycles. The topological polar surface area (TPSA) is 92.8 Å². The molecule has 7 nitrogen and oxygen atoms in total. The number of carbonyl (C=O) groups is 2. The third-order valence-electron chi connectivity index (χ3n) is 6.38. The molecule has 0 bridgehead atoms. The van der Waals surface area contributed by atoms with Crippen LogP contribution in [0.2, 0.25) is 0 Å². The summed E-state index contributed by atoms with van der Waals surface area (Å²) in [4.78, 5) is 26.9. The van der Waals surface area contributed by atoms with Crippen molar-refractivity contribution < 1.29 is 22.7 Å². The van der Waals surface area contributed by atoms with E-state index in [0.29, 0.717) is 5.56 Å². The van der Waals surface area contributed by atoms with Crippen LogP contribution in [-0.4, -0.2) is 32.2 Å². The van der Waals surface area contributed by atoms with Gasteiger partial charge in [-0.3, -0.25) is 14.5 Å². The highest BCUT2D eigenvalue weighted by molar-refractivity contribution is 7.89. The van der Waals surface area contributed by atoms with Crippen LogP contribution in [0.5, 0.6) is 5.75 Å². The molecule has 32 heavy (non-hydrogen) atoms. The molecule has 2 amide bonds. The molecule has 2 atom stereocenters. The summed E-state index contributed by atoms with van der Waals surface area (Å²) in [7, 11) is -2.47. The number of hydrogen-bond donors (Lipinski definition) is 1. The Balaban J connectivity index is 1.55. The molecule has 0 aromatic heterocycles. The number of hydrogen-bond acceptors (Lipinski definition) is 5. The molecule has 2 fully saturated rings. The number of methoxy groups -OCH3 is 1. The van der Waals surface area contributed by atoms with Gasteiger partial charge in [-0.25, -0.2) is 13.1 Å². The van der Waals surface area contributed by atoms with Crippen molar-refractivity contribution in [3.63, 3.8) is 0 Å². The van der Waals surface area contributed by atoms with Gasteiger partial charge >= 0.3 is 0 Å².